The summed E-state index contributed by atoms with van der Waals surface area (Å²) in [6.45, 7) is 0.809. The van der Waals surface area contributed by atoms with Gasteiger partial charge in [0.1, 0.15) is 0 Å². The highest BCUT2D eigenvalue weighted by molar-refractivity contribution is 9.08. The molecular weight excluding hydrogens is 250 g/mol. The van der Waals surface area contributed by atoms with E-state index in [0.717, 1.165) is 23.3 Å². The Balaban J connectivity index is 2.10. The second-order valence-corrected chi connectivity index (χ2v) is 3.93. The average Bonchev–Trinajstić information content (AvgIpc) is 2.76. The first-order chi connectivity index (χ1) is 6.38. The third-order valence-corrected chi connectivity index (χ3v) is 2.86. The molecule has 2 aromatic heterocycles. The molecule has 0 fully saturated rings. The molecule has 0 aliphatic carbocycles. The molecular formula is C8H8BrN3S. The summed E-state index contributed by atoms with van der Waals surface area (Å²) in [7, 11) is 0. The maximum Gasteiger partial charge on any atom is 0.0953 e. The average molecular weight is 258 g/mol. The first-order valence-corrected chi connectivity index (χ1v) is 5.88. The Bertz CT molecular complexity index is 368. The van der Waals surface area contributed by atoms with Crippen LogP contribution in [0.4, 0.5) is 0 Å². The lowest BCUT2D eigenvalue weighted by Gasteiger charge is -1.95. The van der Waals surface area contributed by atoms with Gasteiger partial charge in [-0.25, -0.2) is 9.97 Å². The van der Waals surface area contributed by atoms with Crippen molar-refractivity contribution in [3.05, 3.63) is 34.8 Å². The Morgan fingerprint density at radius 2 is 2.31 bits per heavy atom. The summed E-state index contributed by atoms with van der Waals surface area (Å²) < 4.78 is 2.03. The minimum Gasteiger partial charge on any atom is -0.331 e. The van der Waals surface area contributed by atoms with Gasteiger partial charge in [-0.1, -0.05) is 15.9 Å². The highest BCUT2D eigenvalue weighted by Crippen LogP contribution is 2.06. The van der Waals surface area contributed by atoms with Crippen molar-refractivity contribution in [2.75, 3.05) is 0 Å². The van der Waals surface area contributed by atoms with Crippen LogP contribution in [0.1, 0.15) is 11.4 Å². The smallest absolute Gasteiger partial charge is 0.0953 e. The van der Waals surface area contributed by atoms with Gasteiger partial charge in [-0.2, -0.15) is 0 Å². The van der Waals surface area contributed by atoms with Crippen molar-refractivity contribution in [1.82, 2.24) is 14.5 Å². The number of nitrogens with zero attached hydrogens (tertiary/aromatic N) is 3. The number of thiazole rings is 1. The normalized spacial score (nSPS) is 10.5. The topological polar surface area (TPSA) is 30.7 Å². The van der Waals surface area contributed by atoms with Crippen molar-refractivity contribution < 1.29 is 0 Å². The number of hydrogen-bond acceptors (Lipinski definition) is 3. The zero-order valence-corrected chi connectivity index (χ0v) is 9.25. The molecule has 13 heavy (non-hydrogen) atoms. The number of halogens is 1. The van der Waals surface area contributed by atoms with Gasteiger partial charge in [0.05, 0.1) is 29.8 Å². The maximum absolute atomic E-state index is 4.21. The Morgan fingerprint density at radius 3 is 2.92 bits per heavy atom. The Morgan fingerprint density at radius 1 is 1.38 bits per heavy atom. The second kappa shape index (κ2) is 4.02. The SMILES string of the molecule is BrCc1cn(Cc2cscn2)cn1. The van der Waals surface area contributed by atoms with Crippen molar-refractivity contribution in [3.63, 3.8) is 0 Å². The fourth-order valence-electron chi connectivity index (χ4n) is 1.06. The van der Waals surface area contributed by atoms with Crippen LogP contribution in [0.5, 0.6) is 0 Å². The molecule has 0 saturated carbocycles. The fourth-order valence-corrected chi connectivity index (χ4v) is 1.90. The molecule has 2 rings (SSSR count). The molecule has 0 radical (unpaired) electrons. The number of alkyl halides is 1. The van der Waals surface area contributed by atoms with E-state index in [9.17, 15) is 0 Å². The highest BCUT2D eigenvalue weighted by Gasteiger charge is 1.99. The van der Waals surface area contributed by atoms with Crippen molar-refractivity contribution >= 4 is 27.3 Å². The Labute approximate surface area is 88.6 Å². The van der Waals surface area contributed by atoms with E-state index in [-0.39, 0.29) is 0 Å². The van der Waals surface area contributed by atoms with Crippen molar-refractivity contribution in [3.8, 4) is 0 Å². The van der Waals surface area contributed by atoms with Crippen molar-refractivity contribution in [2.24, 2.45) is 0 Å². The Hall–Kier alpha value is -0.680. The van der Waals surface area contributed by atoms with Crippen LogP contribution >= 0.6 is 27.3 Å². The van der Waals surface area contributed by atoms with E-state index in [1.54, 1.807) is 11.3 Å². The molecule has 0 aliphatic heterocycles. The van der Waals surface area contributed by atoms with Crippen LogP contribution in [0.3, 0.4) is 0 Å². The van der Waals surface area contributed by atoms with Gasteiger partial charge in [-0.05, 0) is 0 Å². The van der Waals surface area contributed by atoms with Crippen LogP contribution in [0, 0.1) is 0 Å². The van der Waals surface area contributed by atoms with Crippen LogP contribution in [-0.4, -0.2) is 14.5 Å². The first kappa shape index (κ1) is 8.90. The minimum atomic E-state index is 0.803. The summed E-state index contributed by atoms with van der Waals surface area (Å²) in [6, 6.07) is 0. The van der Waals surface area contributed by atoms with Gasteiger partial charge in [0.15, 0.2) is 0 Å². The largest absolute Gasteiger partial charge is 0.331 e. The number of imidazole rings is 1. The maximum atomic E-state index is 4.21. The summed E-state index contributed by atoms with van der Waals surface area (Å²) in [6.07, 6.45) is 3.85. The van der Waals surface area contributed by atoms with E-state index in [1.807, 2.05) is 28.0 Å². The predicted molar refractivity (Wildman–Crippen MR) is 56.1 cm³/mol. The molecule has 68 valence electrons. The van der Waals surface area contributed by atoms with Gasteiger partial charge in [0.2, 0.25) is 0 Å². The van der Waals surface area contributed by atoms with Gasteiger partial charge in [-0.15, -0.1) is 11.3 Å². The molecule has 2 aromatic rings. The predicted octanol–water partition coefficient (Wildman–Crippen LogP) is 2.28. The molecule has 0 N–H and O–H groups in total. The zero-order chi connectivity index (χ0) is 9.10. The van der Waals surface area contributed by atoms with E-state index in [1.165, 1.54) is 0 Å². The zero-order valence-electron chi connectivity index (χ0n) is 6.85. The number of rotatable bonds is 3. The monoisotopic (exact) mass is 257 g/mol. The molecule has 0 unspecified atom stereocenters. The minimum absolute atomic E-state index is 0.803. The van der Waals surface area contributed by atoms with Crippen LogP contribution in [-0.2, 0) is 11.9 Å². The van der Waals surface area contributed by atoms with Crippen molar-refractivity contribution in [1.29, 1.82) is 0 Å². The lowest BCUT2D eigenvalue weighted by Crippen LogP contribution is -1.95. The molecule has 0 atom stereocenters. The Kier molecular flexibility index (Phi) is 2.75. The van der Waals surface area contributed by atoms with E-state index >= 15 is 0 Å². The number of hydrogen-bond donors (Lipinski definition) is 0. The summed E-state index contributed by atoms with van der Waals surface area (Å²) >= 11 is 4.98. The van der Waals surface area contributed by atoms with Gasteiger partial charge >= 0.3 is 0 Å². The van der Waals surface area contributed by atoms with Crippen LogP contribution in [0.25, 0.3) is 0 Å². The molecule has 0 aliphatic rings. The van der Waals surface area contributed by atoms with Crippen LogP contribution < -0.4 is 0 Å². The first-order valence-electron chi connectivity index (χ1n) is 3.82. The molecule has 0 bridgehead atoms. The standard InChI is InChI=1S/C8H8BrN3S/c9-1-7-2-12(5-10-7)3-8-4-13-6-11-8/h2,4-6H,1,3H2. The highest BCUT2D eigenvalue weighted by atomic mass is 79.9. The quantitative estimate of drug-likeness (QED) is 0.791. The molecule has 5 heteroatoms. The fraction of sp³-hybridized carbons (Fsp3) is 0.250. The van der Waals surface area contributed by atoms with Gasteiger partial charge in [0, 0.05) is 16.9 Å². The molecule has 0 saturated heterocycles. The third-order valence-electron chi connectivity index (χ3n) is 1.65. The van der Waals surface area contributed by atoms with Crippen LogP contribution in [0.15, 0.2) is 23.4 Å². The van der Waals surface area contributed by atoms with E-state index in [4.69, 9.17) is 0 Å². The number of aromatic nitrogens is 3. The van der Waals surface area contributed by atoms with E-state index in [0.29, 0.717) is 0 Å². The van der Waals surface area contributed by atoms with E-state index < -0.39 is 0 Å². The van der Waals surface area contributed by atoms with E-state index in [2.05, 4.69) is 25.9 Å². The van der Waals surface area contributed by atoms with Gasteiger partial charge in [-0.3, -0.25) is 0 Å². The van der Waals surface area contributed by atoms with Gasteiger partial charge < -0.3 is 4.57 Å². The molecule has 2 heterocycles. The van der Waals surface area contributed by atoms with Gasteiger partial charge in [0.25, 0.3) is 0 Å². The lowest BCUT2D eigenvalue weighted by atomic mass is 10.5. The summed E-state index contributed by atoms with van der Waals surface area (Å²) in [4.78, 5) is 8.41. The summed E-state index contributed by atoms with van der Waals surface area (Å²) in [5.74, 6) is 0. The molecule has 3 nitrogen and oxygen atoms in total. The van der Waals surface area contributed by atoms with Crippen LogP contribution in [0.2, 0.25) is 0 Å². The summed E-state index contributed by atoms with van der Waals surface area (Å²) in [5, 5.41) is 2.85. The second-order valence-electron chi connectivity index (χ2n) is 2.65. The summed E-state index contributed by atoms with van der Waals surface area (Å²) in [5.41, 5.74) is 3.98. The molecule has 0 aromatic carbocycles. The lowest BCUT2D eigenvalue weighted by molar-refractivity contribution is 0.778. The van der Waals surface area contributed by atoms with Crippen molar-refractivity contribution in [2.45, 2.75) is 11.9 Å². The molecule has 0 amide bonds. The third kappa shape index (κ3) is 2.16. The molecule has 0 spiro atoms.